The molecular formula is C24H29FN2O6. The monoisotopic (exact) mass is 460 g/mol. The Morgan fingerprint density at radius 2 is 1.94 bits per heavy atom. The molecule has 9 heteroatoms. The zero-order valence-corrected chi connectivity index (χ0v) is 19.4. The summed E-state index contributed by atoms with van der Waals surface area (Å²) in [6.45, 7) is 9.54. The highest BCUT2D eigenvalue weighted by molar-refractivity contribution is 5.69. The number of nitro benzene ring substituents is 1. The SMILES string of the molecule is CC(C)(C)OC(=O)N(CC(C)(C)c1ccc(F)c(O)c1)C1CCOc2cc([N+](=O)[O-])ccc21. The fourth-order valence-electron chi connectivity index (χ4n) is 3.87. The van der Waals surface area contributed by atoms with Crippen molar-refractivity contribution in [1.29, 1.82) is 0 Å². The maximum atomic E-state index is 13.6. The van der Waals surface area contributed by atoms with E-state index in [9.17, 15) is 24.4 Å². The fourth-order valence-corrected chi connectivity index (χ4v) is 3.87. The van der Waals surface area contributed by atoms with Crippen molar-refractivity contribution in [2.45, 2.75) is 58.1 Å². The molecule has 1 unspecified atom stereocenters. The maximum Gasteiger partial charge on any atom is 0.410 e. The molecule has 1 aliphatic heterocycles. The molecule has 0 radical (unpaired) electrons. The zero-order chi connectivity index (χ0) is 24.6. The number of benzene rings is 2. The van der Waals surface area contributed by atoms with Crippen molar-refractivity contribution in [3.63, 3.8) is 0 Å². The molecule has 178 valence electrons. The molecule has 2 aromatic rings. The lowest BCUT2D eigenvalue weighted by atomic mass is 9.83. The van der Waals surface area contributed by atoms with Gasteiger partial charge in [0.25, 0.3) is 5.69 Å². The molecule has 3 rings (SSSR count). The molecule has 2 aromatic carbocycles. The van der Waals surface area contributed by atoms with Crippen LogP contribution in [0.1, 0.15) is 58.2 Å². The molecule has 1 aliphatic rings. The molecule has 0 fully saturated rings. The first-order valence-electron chi connectivity index (χ1n) is 10.7. The molecular weight excluding hydrogens is 431 g/mol. The number of hydrogen-bond acceptors (Lipinski definition) is 6. The quantitative estimate of drug-likeness (QED) is 0.468. The second-order valence-corrected chi connectivity index (χ2v) is 9.79. The highest BCUT2D eigenvalue weighted by atomic mass is 19.1. The summed E-state index contributed by atoms with van der Waals surface area (Å²) in [5, 5.41) is 21.0. The molecule has 33 heavy (non-hydrogen) atoms. The number of phenolic OH excluding ortho intramolecular Hbond substituents is 1. The highest BCUT2D eigenvalue weighted by Crippen LogP contribution is 2.40. The highest BCUT2D eigenvalue weighted by Gasteiger charge is 2.38. The lowest BCUT2D eigenvalue weighted by Gasteiger charge is -2.40. The Morgan fingerprint density at radius 1 is 1.24 bits per heavy atom. The summed E-state index contributed by atoms with van der Waals surface area (Å²) in [7, 11) is 0. The van der Waals surface area contributed by atoms with Gasteiger partial charge < -0.3 is 19.5 Å². The summed E-state index contributed by atoms with van der Waals surface area (Å²) in [4.78, 5) is 25.6. The van der Waals surface area contributed by atoms with E-state index >= 15 is 0 Å². The Balaban J connectivity index is 2.01. The minimum atomic E-state index is -0.739. The molecule has 0 aromatic heterocycles. The minimum absolute atomic E-state index is 0.0969. The predicted molar refractivity (Wildman–Crippen MR) is 120 cm³/mol. The number of hydrogen-bond donors (Lipinski definition) is 1. The molecule has 1 atom stereocenters. The molecule has 8 nitrogen and oxygen atoms in total. The van der Waals surface area contributed by atoms with Crippen LogP contribution in [0.15, 0.2) is 36.4 Å². The standard InChI is InChI=1S/C24H29FN2O6/c1-23(2,3)33-22(29)26(14-24(4,5)15-6-9-18(25)20(28)12-15)19-10-11-32-21-13-16(27(30)31)7-8-17(19)21/h6-9,12-13,19,28H,10-11,14H2,1-5H3. The number of phenols is 1. The maximum absolute atomic E-state index is 13.6. The molecule has 0 saturated carbocycles. The van der Waals surface area contributed by atoms with Crippen LogP contribution in [-0.4, -0.2) is 39.8 Å². The van der Waals surface area contributed by atoms with Gasteiger partial charge >= 0.3 is 6.09 Å². The fraction of sp³-hybridized carbons (Fsp3) is 0.458. The summed E-state index contributed by atoms with van der Waals surface area (Å²) in [6.07, 6.45) is -0.0764. The molecule has 1 heterocycles. The van der Waals surface area contributed by atoms with Gasteiger partial charge in [-0.05, 0) is 44.5 Å². The number of non-ortho nitro benzene ring substituents is 1. The van der Waals surface area contributed by atoms with Gasteiger partial charge in [0.1, 0.15) is 11.4 Å². The normalized spacial score (nSPS) is 15.9. The number of rotatable bonds is 5. The second kappa shape index (κ2) is 8.88. The van der Waals surface area contributed by atoms with Crippen LogP contribution in [0.2, 0.25) is 0 Å². The second-order valence-electron chi connectivity index (χ2n) is 9.79. The van der Waals surface area contributed by atoms with Crippen LogP contribution in [0, 0.1) is 15.9 Å². The first kappa shape index (κ1) is 24.3. The Labute approximate surface area is 192 Å². The van der Waals surface area contributed by atoms with Crippen molar-refractivity contribution in [3.8, 4) is 11.5 Å². The van der Waals surface area contributed by atoms with E-state index < -0.39 is 39.6 Å². The van der Waals surface area contributed by atoms with Crippen molar-refractivity contribution in [2.24, 2.45) is 0 Å². The average molecular weight is 461 g/mol. The Hall–Kier alpha value is -3.36. The van der Waals surface area contributed by atoms with Crippen LogP contribution < -0.4 is 4.74 Å². The van der Waals surface area contributed by atoms with Crippen LogP contribution >= 0.6 is 0 Å². The van der Waals surface area contributed by atoms with Crippen molar-refractivity contribution >= 4 is 11.8 Å². The van der Waals surface area contributed by atoms with Gasteiger partial charge in [0.05, 0.1) is 23.6 Å². The number of amides is 1. The third kappa shape index (κ3) is 5.53. The summed E-state index contributed by atoms with van der Waals surface area (Å²) in [5.74, 6) is -0.835. The Kier molecular flexibility index (Phi) is 6.53. The third-order valence-electron chi connectivity index (χ3n) is 5.51. The van der Waals surface area contributed by atoms with Gasteiger partial charge in [-0.3, -0.25) is 10.1 Å². The van der Waals surface area contributed by atoms with E-state index in [0.717, 1.165) is 0 Å². The molecule has 1 N–H and O–H groups in total. The van der Waals surface area contributed by atoms with E-state index in [4.69, 9.17) is 9.47 Å². The van der Waals surface area contributed by atoms with E-state index in [2.05, 4.69) is 0 Å². The predicted octanol–water partition coefficient (Wildman–Crippen LogP) is 5.48. The van der Waals surface area contributed by atoms with Gasteiger partial charge in [0.2, 0.25) is 0 Å². The first-order chi connectivity index (χ1) is 15.3. The van der Waals surface area contributed by atoms with Gasteiger partial charge in [-0.2, -0.15) is 0 Å². The van der Waals surface area contributed by atoms with Gasteiger partial charge in [0.15, 0.2) is 11.6 Å². The van der Waals surface area contributed by atoms with Gasteiger partial charge in [0, 0.05) is 30.0 Å². The Bertz CT molecular complexity index is 1060. The number of carbonyl (C=O) groups excluding carboxylic acids is 1. The summed E-state index contributed by atoms with van der Waals surface area (Å²) < 4.78 is 25.0. The van der Waals surface area contributed by atoms with Crippen LogP contribution in [0.3, 0.4) is 0 Å². The van der Waals surface area contributed by atoms with Crippen LogP contribution in [0.25, 0.3) is 0 Å². The third-order valence-corrected chi connectivity index (χ3v) is 5.51. The number of nitrogens with zero attached hydrogens (tertiary/aromatic N) is 2. The van der Waals surface area contributed by atoms with Crippen molar-refractivity contribution in [2.75, 3.05) is 13.2 Å². The van der Waals surface area contributed by atoms with Crippen molar-refractivity contribution in [3.05, 3.63) is 63.5 Å². The van der Waals surface area contributed by atoms with Crippen LogP contribution in [-0.2, 0) is 10.2 Å². The molecule has 0 saturated heterocycles. The van der Waals surface area contributed by atoms with E-state index in [1.165, 1.54) is 24.3 Å². The van der Waals surface area contributed by atoms with E-state index in [1.54, 1.807) is 37.8 Å². The number of carbonyl (C=O) groups is 1. The average Bonchev–Trinajstić information content (AvgIpc) is 2.71. The van der Waals surface area contributed by atoms with Gasteiger partial charge in [-0.1, -0.05) is 19.9 Å². The number of nitro groups is 1. The largest absolute Gasteiger partial charge is 0.505 e. The molecule has 0 spiro atoms. The zero-order valence-electron chi connectivity index (χ0n) is 19.4. The van der Waals surface area contributed by atoms with E-state index in [-0.39, 0.29) is 18.8 Å². The van der Waals surface area contributed by atoms with Crippen LogP contribution in [0.5, 0.6) is 11.5 Å². The first-order valence-corrected chi connectivity index (χ1v) is 10.7. The molecule has 0 bridgehead atoms. The van der Waals surface area contributed by atoms with E-state index in [1.807, 2.05) is 13.8 Å². The summed E-state index contributed by atoms with van der Waals surface area (Å²) in [6, 6.07) is 8.01. The topological polar surface area (TPSA) is 102 Å². The minimum Gasteiger partial charge on any atom is -0.505 e. The van der Waals surface area contributed by atoms with Gasteiger partial charge in [-0.15, -0.1) is 0 Å². The van der Waals surface area contributed by atoms with Crippen molar-refractivity contribution < 1.29 is 28.7 Å². The lowest BCUT2D eigenvalue weighted by molar-refractivity contribution is -0.385. The number of ether oxygens (including phenoxy) is 2. The smallest absolute Gasteiger partial charge is 0.410 e. The van der Waals surface area contributed by atoms with Crippen LogP contribution in [0.4, 0.5) is 14.9 Å². The van der Waals surface area contributed by atoms with Gasteiger partial charge in [-0.25, -0.2) is 9.18 Å². The lowest BCUT2D eigenvalue weighted by Crippen LogP contribution is -2.46. The summed E-state index contributed by atoms with van der Waals surface area (Å²) in [5.41, 5.74) is -0.222. The van der Waals surface area contributed by atoms with Crippen molar-refractivity contribution in [1.82, 2.24) is 4.90 Å². The molecule has 0 aliphatic carbocycles. The number of aromatic hydroxyl groups is 1. The number of fused-ring (bicyclic) bond motifs is 1. The Morgan fingerprint density at radius 3 is 2.55 bits per heavy atom. The molecule has 1 amide bonds. The van der Waals surface area contributed by atoms with E-state index in [0.29, 0.717) is 23.3 Å². The summed E-state index contributed by atoms with van der Waals surface area (Å²) >= 11 is 0. The number of halogens is 1.